The van der Waals surface area contributed by atoms with E-state index in [1.807, 2.05) is 13.1 Å². The molecule has 0 unspecified atom stereocenters. The Morgan fingerprint density at radius 2 is 2.47 bits per heavy atom. The third kappa shape index (κ3) is 2.96. The van der Waals surface area contributed by atoms with Crippen LogP contribution in [0.25, 0.3) is 6.20 Å². The molecule has 17 heavy (non-hydrogen) atoms. The van der Waals surface area contributed by atoms with Crippen LogP contribution in [0.3, 0.4) is 0 Å². The summed E-state index contributed by atoms with van der Waals surface area (Å²) in [4.78, 5) is 2.40. The van der Waals surface area contributed by atoms with Gasteiger partial charge < -0.3 is 5.11 Å². The zero-order valence-electron chi connectivity index (χ0n) is 10.5. The number of aromatic nitrogens is 2. The average molecular weight is 235 g/mol. The Bertz CT molecular complexity index is 386. The molecule has 0 radical (unpaired) electrons. The molecule has 1 fully saturated rings. The van der Waals surface area contributed by atoms with Crippen LogP contribution in [0.5, 0.6) is 0 Å². The number of likely N-dealkylation sites (tertiary alicyclic amines) is 1. The maximum Gasteiger partial charge on any atom is 0.0642 e. The summed E-state index contributed by atoms with van der Waals surface area (Å²) in [5, 5.41) is 13.6. The first-order valence-corrected chi connectivity index (χ1v) is 6.23. The fraction of sp³-hybridized carbons (Fsp3) is 0.615. The Kier molecular flexibility index (Phi) is 3.97. The van der Waals surface area contributed by atoms with Gasteiger partial charge in [0, 0.05) is 37.7 Å². The lowest BCUT2D eigenvalue weighted by Crippen LogP contribution is -2.36. The number of aliphatic hydroxyl groups excluding tert-OH is 1. The van der Waals surface area contributed by atoms with Crippen LogP contribution in [0, 0.1) is 12.8 Å². The van der Waals surface area contributed by atoms with Crippen LogP contribution in [-0.2, 0) is 6.54 Å². The van der Waals surface area contributed by atoms with Crippen LogP contribution in [0.2, 0.25) is 0 Å². The van der Waals surface area contributed by atoms with E-state index in [9.17, 15) is 5.11 Å². The fourth-order valence-electron chi connectivity index (χ4n) is 2.45. The lowest BCUT2D eigenvalue weighted by atomic mass is 9.99. The topological polar surface area (TPSA) is 41.3 Å². The summed E-state index contributed by atoms with van der Waals surface area (Å²) < 4.78 is 1.76. The maximum absolute atomic E-state index is 9.22. The summed E-state index contributed by atoms with van der Waals surface area (Å²) in [5.74, 6) is 0.443. The molecule has 2 rings (SSSR count). The molecule has 1 aromatic heterocycles. The van der Waals surface area contributed by atoms with Crippen molar-refractivity contribution in [3.8, 4) is 0 Å². The van der Waals surface area contributed by atoms with Gasteiger partial charge in [0.1, 0.15) is 0 Å². The lowest BCUT2D eigenvalue weighted by molar-refractivity contribution is 0.116. The molecule has 1 N–H and O–H groups in total. The van der Waals surface area contributed by atoms with Crippen molar-refractivity contribution in [3.05, 3.63) is 24.0 Å². The van der Waals surface area contributed by atoms with E-state index >= 15 is 0 Å². The minimum Gasteiger partial charge on any atom is -0.396 e. The third-order valence-electron chi connectivity index (χ3n) is 3.46. The molecule has 1 aliphatic rings. The standard InChI is InChI=1S/C13H21N3O/c1-3-16-9-13(11(2)14-16)8-15-6-4-5-12(7-15)10-17/h3,9,12,17H,1,4-8,10H2,2H3/t12-/m0/s1. The highest BCUT2D eigenvalue weighted by molar-refractivity contribution is 5.23. The number of piperidine rings is 1. The zero-order chi connectivity index (χ0) is 12.3. The zero-order valence-corrected chi connectivity index (χ0v) is 10.5. The van der Waals surface area contributed by atoms with E-state index in [4.69, 9.17) is 0 Å². The molecular weight excluding hydrogens is 214 g/mol. The van der Waals surface area contributed by atoms with Gasteiger partial charge in [0.25, 0.3) is 0 Å². The molecule has 0 spiro atoms. The van der Waals surface area contributed by atoms with Gasteiger partial charge in [-0.3, -0.25) is 4.90 Å². The van der Waals surface area contributed by atoms with Gasteiger partial charge in [0.15, 0.2) is 0 Å². The van der Waals surface area contributed by atoms with Gasteiger partial charge in [-0.05, 0) is 32.2 Å². The molecule has 2 heterocycles. The van der Waals surface area contributed by atoms with Gasteiger partial charge >= 0.3 is 0 Å². The van der Waals surface area contributed by atoms with E-state index in [2.05, 4.69) is 16.6 Å². The number of aryl methyl sites for hydroxylation is 1. The number of aliphatic hydroxyl groups is 1. The largest absolute Gasteiger partial charge is 0.396 e. The average Bonchev–Trinajstić information content (AvgIpc) is 2.70. The summed E-state index contributed by atoms with van der Waals surface area (Å²) in [6.45, 7) is 9.09. The van der Waals surface area contributed by atoms with Crippen molar-refractivity contribution in [1.29, 1.82) is 0 Å². The molecule has 0 bridgehead atoms. The summed E-state index contributed by atoms with van der Waals surface area (Å²) in [5.41, 5.74) is 2.32. The molecule has 1 aromatic rings. The van der Waals surface area contributed by atoms with Crippen molar-refractivity contribution in [2.75, 3.05) is 19.7 Å². The molecular formula is C13H21N3O. The lowest BCUT2D eigenvalue weighted by Gasteiger charge is -2.31. The van der Waals surface area contributed by atoms with Crippen LogP contribution in [0.4, 0.5) is 0 Å². The van der Waals surface area contributed by atoms with Gasteiger partial charge in [0.05, 0.1) is 5.69 Å². The molecule has 4 nitrogen and oxygen atoms in total. The maximum atomic E-state index is 9.22. The normalized spacial score (nSPS) is 21.6. The first-order valence-electron chi connectivity index (χ1n) is 6.23. The highest BCUT2D eigenvalue weighted by Gasteiger charge is 2.20. The Hall–Kier alpha value is -1.13. The molecule has 1 atom stereocenters. The second kappa shape index (κ2) is 5.47. The van der Waals surface area contributed by atoms with Gasteiger partial charge in [-0.1, -0.05) is 6.58 Å². The van der Waals surface area contributed by atoms with Crippen molar-refractivity contribution in [1.82, 2.24) is 14.7 Å². The monoisotopic (exact) mass is 235 g/mol. The smallest absolute Gasteiger partial charge is 0.0642 e. The van der Waals surface area contributed by atoms with Crippen LogP contribution >= 0.6 is 0 Å². The minimum absolute atomic E-state index is 0.307. The quantitative estimate of drug-likeness (QED) is 0.860. The number of hydrogen-bond acceptors (Lipinski definition) is 3. The van der Waals surface area contributed by atoms with Crippen LogP contribution in [0.15, 0.2) is 12.8 Å². The minimum atomic E-state index is 0.307. The second-order valence-corrected chi connectivity index (χ2v) is 4.83. The van der Waals surface area contributed by atoms with E-state index in [1.165, 1.54) is 12.0 Å². The number of nitrogens with zero attached hydrogens (tertiary/aromatic N) is 3. The summed E-state index contributed by atoms with van der Waals surface area (Å²) >= 11 is 0. The summed E-state index contributed by atoms with van der Waals surface area (Å²) in [6, 6.07) is 0. The van der Waals surface area contributed by atoms with E-state index in [0.717, 1.165) is 31.7 Å². The molecule has 1 saturated heterocycles. The molecule has 0 aliphatic carbocycles. The summed E-state index contributed by atoms with van der Waals surface area (Å²) in [6.07, 6.45) is 6.08. The molecule has 0 amide bonds. The van der Waals surface area contributed by atoms with Gasteiger partial charge in [0.2, 0.25) is 0 Å². The highest BCUT2D eigenvalue weighted by atomic mass is 16.3. The van der Waals surface area contributed by atoms with Crippen LogP contribution in [-0.4, -0.2) is 39.5 Å². The van der Waals surface area contributed by atoms with Crippen LogP contribution in [0.1, 0.15) is 24.1 Å². The van der Waals surface area contributed by atoms with E-state index in [0.29, 0.717) is 12.5 Å². The first-order chi connectivity index (χ1) is 8.22. The molecule has 94 valence electrons. The number of hydrogen-bond donors (Lipinski definition) is 1. The second-order valence-electron chi connectivity index (χ2n) is 4.83. The van der Waals surface area contributed by atoms with Crippen molar-refractivity contribution in [2.45, 2.75) is 26.3 Å². The van der Waals surface area contributed by atoms with Crippen molar-refractivity contribution in [2.24, 2.45) is 5.92 Å². The summed E-state index contributed by atoms with van der Waals surface area (Å²) in [7, 11) is 0. The molecule has 0 aromatic carbocycles. The Morgan fingerprint density at radius 1 is 1.65 bits per heavy atom. The Labute approximate surface area is 103 Å². The molecule has 0 saturated carbocycles. The third-order valence-corrected chi connectivity index (χ3v) is 3.46. The van der Waals surface area contributed by atoms with E-state index < -0.39 is 0 Å². The van der Waals surface area contributed by atoms with E-state index in [1.54, 1.807) is 10.9 Å². The Balaban J connectivity index is 1.99. The molecule has 1 aliphatic heterocycles. The predicted octanol–water partition coefficient (Wildman–Crippen LogP) is 1.50. The number of rotatable bonds is 4. The molecule has 4 heteroatoms. The predicted molar refractivity (Wildman–Crippen MR) is 68.4 cm³/mol. The van der Waals surface area contributed by atoms with Crippen molar-refractivity contribution in [3.63, 3.8) is 0 Å². The van der Waals surface area contributed by atoms with Gasteiger partial charge in [-0.25, -0.2) is 4.68 Å². The van der Waals surface area contributed by atoms with Gasteiger partial charge in [-0.15, -0.1) is 0 Å². The Morgan fingerprint density at radius 3 is 3.12 bits per heavy atom. The van der Waals surface area contributed by atoms with Crippen molar-refractivity contribution < 1.29 is 5.11 Å². The van der Waals surface area contributed by atoms with Gasteiger partial charge in [-0.2, -0.15) is 5.10 Å². The SMILES string of the molecule is C=Cn1cc(CN2CCC[C@H](CO)C2)c(C)n1. The van der Waals surface area contributed by atoms with Crippen LogP contribution < -0.4 is 0 Å². The van der Waals surface area contributed by atoms with Crippen molar-refractivity contribution >= 4 is 6.20 Å². The van der Waals surface area contributed by atoms with E-state index in [-0.39, 0.29) is 0 Å². The fourth-order valence-corrected chi connectivity index (χ4v) is 2.45. The first kappa shape index (κ1) is 12.3. The highest BCUT2D eigenvalue weighted by Crippen LogP contribution is 2.19.